The summed E-state index contributed by atoms with van der Waals surface area (Å²) < 4.78 is 6.19. The van der Waals surface area contributed by atoms with E-state index in [9.17, 15) is 9.90 Å². The minimum Gasteiger partial charge on any atom is -0.459 e. The van der Waals surface area contributed by atoms with Gasteiger partial charge >= 0.3 is 5.97 Å². The van der Waals surface area contributed by atoms with E-state index in [2.05, 4.69) is 27.7 Å². The van der Waals surface area contributed by atoms with Gasteiger partial charge in [0.05, 0.1) is 6.10 Å². The van der Waals surface area contributed by atoms with Gasteiger partial charge in [-0.25, -0.2) is 0 Å². The molecule has 0 saturated heterocycles. The van der Waals surface area contributed by atoms with E-state index in [-0.39, 0.29) is 23.1 Å². The lowest BCUT2D eigenvalue weighted by Gasteiger charge is -2.63. The Morgan fingerprint density at radius 1 is 1.07 bits per heavy atom. The molecule has 1 N–H and O–H groups in total. The molecule has 0 aromatic carbocycles. The van der Waals surface area contributed by atoms with E-state index in [1.54, 1.807) is 6.92 Å². The van der Waals surface area contributed by atoms with Gasteiger partial charge in [0.1, 0.15) is 5.60 Å². The standard InChI is InChI=1S/C25H42O3/c1-6-11-25(28-17(3)26)13-10-21-20-8-7-18-15-19(27)14-16(2)24(18,5)22(20)9-12-23(21,25)4/h16,18-22,27H,6-15H2,1-5H3/t16-,18-,19-,20-,21-,22-,23-,24-,25-/m0/s1. The fourth-order valence-corrected chi connectivity index (χ4v) is 9.10. The van der Waals surface area contributed by atoms with Crippen molar-refractivity contribution in [2.24, 2.45) is 40.4 Å². The number of carbonyl (C=O) groups excluding carboxylic acids is 1. The van der Waals surface area contributed by atoms with Crippen molar-refractivity contribution in [2.45, 2.75) is 111 Å². The summed E-state index contributed by atoms with van der Waals surface area (Å²) in [4.78, 5) is 12.0. The van der Waals surface area contributed by atoms with E-state index < -0.39 is 0 Å². The third-order valence-corrected chi connectivity index (χ3v) is 10.5. The molecule has 0 bridgehead atoms. The minimum absolute atomic E-state index is 0.0915. The average molecular weight is 391 g/mol. The number of ether oxygens (including phenoxy) is 1. The number of rotatable bonds is 3. The van der Waals surface area contributed by atoms with Crippen molar-refractivity contribution in [3.05, 3.63) is 0 Å². The molecule has 0 unspecified atom stereocenters. The number of esters is 1. The zero-order valence-corrected chi connectivity index (χ0v) is 18.8. The third-order valence-electron chi connectivity index (χ3n) is 10.5. The Balaban J connectivity index is 1.65. The van der Waals surface area contributed by atoms with Gasteiger partial charge in [-0.2, -0.15) is 0 Å². The first-order valence-corrected chi connectivity index (χ1v) is 12.1. The highest BCUT2D eigenvalue weighted by atomic mass is 16.6. The van der Waals surface area contributed by atoms with Gasteiger partial charge in [-0.05, 0) is 92.8 Å². The second-order valence-electron chi connectivity index (χ2n) is 11.4. The van der Waals surface area contributed by atoms with Crippen LogP contribution in [0.3, 0.4) is 0 Å². The number of carbonyl (C=O) groups is 1. The Labute approximate surface area is 172 Å². The van der Waals surface area contributed by atoms with E-state index in [4.69, 9.17) is 4.74 Å². The Morgan fingerprint density at radius 3 is 2.46 bits per heavy atom. The van der Waals surface area contributed by atoms with Crippen LogP contribution in [0.2, 0.25) is 0 Å². The van der Waals surface area contributed by atoms with Gasteiger partial charge in [0, 0.05) is 12.3 Å². The van der Waals surface area contributed by atoms with Gasteiger partial charge in [-0.15, -0.1) is 0 Å². The van der Waals surface area contributed by atoms with Crippen LogP contribution in [0.1, 0.15) is 98.8 Å². The summed E-state index contributed by atoms with van der Waals surface area (Å²) in [5, 5.41) is 10.4. The summed E-state index contributed by atoms with van der Waals surface area (Å²) in [6.45, 7) is 11.3. The fourth-order valence-electron chi connectivity index (χ4n) is 9.10. The first-order chi connectivity index (χ1) is 13.2. The summed E-state index contributed by atoms with van der Waals surface area (Å²) in [6, 6.07) is 0. The average Bonchev–Trinajstić information content (AvgIpc) is 2.89. The maximum atomic E-state index is 12.0. The zero-order valence-electron chi connectivity index (χ0n) is 18.8. The van der Waals surface area contributed by atoms with Crippen LogP contribution >= 0.6 is 0 Å². The molecule has 4 fully saturated rings. The highest BCUT2D eigenvalue weighted by Crippen LogP contribution is 2.70. The maximum Gasteiger partial charge on any atom is 0.303 e. The third kappa shape index (κ3) is 2.74. The second-order valence-corrected chi connectivity index (χ2v) is 11.4. The molecule has 0 aliphatic heterocycles. The number of aliphatic hydroxyl groups is 1. The van der Waals surface area contributed by atoms with E-state index in [1.807, 2.05) is 0 Å². The molecule has 3 nitrogen and oxygen atoms in total. The number of hydrogen-bond donors (Lipinski definition) is 1. The highest BCUT2D eigenvalue weighted by Gasteiger charge is 2.66. The van der Waals surface area contributed by atoms with Crippen LogP contribution in [0.25, 0.3) is 0 Å². The van der Waals surface area contributed by atoms with Crippen LogP contribution in [0.4, 0.5) is 0 Å². The van der Waals surface area contributed by atoms with Gasteiger partial charge in [-0.1, -0.05) is 34.1 Å². The minimum atomic E-state index is -0.241. The predicted octanol–water partition coefficient (Wildman–Crippen LogP) is 5.74. The molecule has 0 heterocycles. The van der Waals surface area contributed by atoms with Crippen molar-refractivity contribution < 1.29 is 14.6 Å². The molecule has 9 atom stereocenters. The van der Waals surface area contributed by atoms with Gasteiger partial charge in [0.25, 0.3) is 0 Å². The normalized spacial score (nSPS) is 53.1. The van der Waals surface area contributed by atoms with E-state index >= 15 is 0 Å². The van der Waals surface area contributed by atoms with Gasteiger partial charge < -0.3 is 9.84 Å². The van der Waals surface area contributed by atoms with Crippen molar-refractivity contribution in [2.75, 3.05) is 0 Å². The topological polar surface area (TPSA) is 46.5 Å². The highest BCUT2D eigenvalue weighted by molar-refractivity contribution is 5.66. The van der Waals surface area contributed by atoms with Gasteiger partial charge in [0.15, 0.2) is 0 Å². The summed E-state index contributed by atoms with van der Waals surface area (Å²) in [5.74, 6) is 3.44. The lowest BCUT2D eigenvalue weighted by Crippen LogP contribution is -2.59. The number of fused-ring (bicyclic) bond motifs is 5. The number of aliphatic hydroxyl groups excluding tert-OH is 1. The van der Waals surface area contributed by atoms with Crippen LogP contribution in [-0.4, -0.2) is 22.8 Å². The molecule has 0 amide bonds. The van der Waals surface area contributed by atoms with Crippen molar-refractivity contribution in [3.8, 4) is 0 Å². The largest absolute Gasteiger partial charge is 0.459 e. The quantitative estimate of drug-likeness (QED) is 0.625. The molecule has 0 aromatic heterocycles. The monoisotopic (exact) mass is 390 g/mol. The Kier molecular flexibility index (Phi) is 5.17. The van der Waals surface area contributed by atoms with Crippen LogP contribution in [-0.2, 0) is 9.53 Å². The molecule has 28 heavy (non-hydrogen) atoms. The van der Waals surface area contributed by atoms with Crippen LogP contribution in [0.15, 0.2) is 0 Å². The summed E-state index contributed by atoms with van der Waals surface area (Å²) in [6.07, 6.45) is 11.3. The maximum absolute atomic E-state index is 12.0. The SMILES string of the molecule is CCC[C@]1(OC(C)=O)CC[C@H]2[C@@H]3CC[C@H]4C[C@@H](O)C[C@H](C)[C@]4(C)[C@H]3CC[C@@]21C. The molecular weight excluding hydrogens is 348 g/mol. The molecule has 3 heteroatoms. The van der Waals surface area contributed by atoms with Crippen LogP contribution in [0, 0.1) is 40.4 Å². The Bertz CT molecular complexity index is 617. The van der Waals surface area contributed by atoms with E-state index in [0.29, 0.717) is 23.2 Å². The van der Waals surface area contributed by atoms with Gasteiger partial charge in [-0.3, -0.25) is 4.79 Å². The summed E-state index contributed by atoms with van der Waals surface area (Å²) in [5.41, 5.74) is 0.271. The molecule has 0 spiro atoms. The summed E-state index contributed by atoms with van der Waals surface area (Å²) >= 11 is 0. The fraction of sp³-hybridized carbons (Fsp3) is 0.960. The van der Waals surface area contributed by atoms with Crippen LogP contribution < -0.4 is 0 Å². The molecular formula is C25H42O3. The van der Waals surface area contributed by atoms with E-state index in [0.717, 1.165) is 43.9 Å². The van der Waals surface area contributed by atoms with Crippen molar-refractivity contribution >= 4 is 5.97 Å². The zero-order chi connectivity index (χ0) is 20.3. The first-order valence-electron chi connectivity index (χ1n) is 12.1. The lowest BCUT2D eigenvalue weighted by atomic mass is 9.42. The molecule has 4 aliphatic carbocycles. The predicted molar refractivity (Wildman–Crippen MR) is 112 cm³/mol. The number of hydrogen-bond acceptors (Lipinski definition) is 3. The van der Waals surface area contributed by atoms with Crippen molar-refractivity contribution in [1.82, 2.24) is 0 Å². The Hall–Kier alpha value is -0.570. The van der Waals surface area contributed by atoms with Crippen molar-refractivity contribution in [1.29, 1.82) is 0 Å². The second kappa shape index (κ2) is 7.00. The van der Waals surface area contributed by atoms with E-state index in [1.165, 1.54) is 32.1 Å². The molecule has 4 saturated carbocycles. The molecule has 4 rings (SSSR count). The molecule has 4 aliphatic rings. The van der Waals surface area contributed by atoms with Crippen LogP contribution in [0.5, 0.6) is 0 Å². The smallest absolute Gasteiger partial charge is 0.303 e. The Morgan fingerprint density at radius 2 is 1.79 bits per heavy atom. The lowest BCUT2D eigenvalue weighted by molar-refractivity contribution is -0.196. The molecule has 160 valence electrons. The summed E-state index contributed by atoms with van der Waals surface area (Å²) in [7, 11) is 0. The van der Waals surface area contributed by atoms with Gasteiger partial charge in [0.2, 0.25) is 0 Å². The first kappa shape index (κ1) is 20.7. The molecule has 0 aromatic rings. The van der Waals surface area contributed by atoms with Crippen molar-refractivity contribution in [3.63, 3.8) is 0 Å². The molecule has 0 radical (unpaired) electrons.